The van der Waals surface area contributed by atoms with E-state index in [1.165, 1.54) is 36.3 Å². The Bertz CT molecular complexity index is 915. The van der Waals surface area contributed by atoms with Crippen LogP contribution in [0.25, 0.3) is 10.8 Å². The molecule has 1 fully saturated rings. The van der Waals surface area contributed by atoms with Crippen LogP contribution in [0.5, 0.6) is 0 Å². The van der Waals surface area contributed by atoms with Gasteiger partial charge in [-0.3, -0.25) is 9.78 Å². The summed E-state index contributed by atoms with van der Waals surface area (Å²) < 4.78 is 0. The lowest BCUT2D eigenvalue weighted by atomic mass is 10.1. The third kappa shape index (κ3) is 3.09. The van der Waals surface area contributed by atoms with Crippen molar-refractivity contribution in [2.45, 2.75) is 26.2 Å². The molecular weight excluding hydrogens is 332 g/mol. The van der Waals surface area contributed by atoms with Gasteiger partial charge in [0.25, 0.3) is 5.91 Å². The van der Waals surface area contributed by atoms with E-state index >= 15 is 0 Å². The van der Waals surface area contributed by atoms with Crippen molar-refractivity contribution in [3.8, 4) is 0 Å². The Hall–Kier alpha value is -2.47. The quantitative estimate of drug-likeness (QED) is 0.766. The number of amides is 1. The minimum absolute atomic E-state index is 0.115. The first-order chi connectivity index (χ1) is 12.2. The molecule has 2 aromatic heterocycles. The third-order valence-electron chi connectivity index (χ3n) is 4.69. The van der Waals surface area contributed by atoms with E-state index in [0.29, 0.717) is 4.88 Å². The summed E-state index contributed by atoms with van der Waals surface area (Å²) in [5.74, 6) is -0.115. The van der Waals surface area contributed by atoms with Crippen molar-refractivity contribution < 1.29 is 4.79 Å². The molecule has 0 aliphatic carbocycles. The van der Waals surface area contributed by atoms with E-state index < -0.39 is 0 Å². The lowest BCUT2D eigenvalue weighted by Gasteiger charge is -2.30. The van der Waals surface area contributed by atoms with E-state index in [0.717, 1.165) is 35.2 Å². The second-order valence-corrected chi connectivity index (χ2v) is 7.18. The van der Waals surface area contributed by atoms with Gasteiger partial charge in [-0.05, 0) is 44.4 Å². The molecule has 1 aliphatic rings. The zero-order valence-electron chi connectivity index (χ0n) is 14.2. The Morgan fingerprint density at radius 2 is 2.00 bits per heavy atom. The number of aryl methyl sites for hydroxylation is 1. The maximum Gasteiger partial charge on any atom is 0.267 e. The molecule has 1 aliphatic heterocycles. The minimum atomic E-state index is -0.115. The van der Waals surface area contributed by atoms with Crippen molar-refractivity contribution in [1.29, 1.82) is 0 Å². The number of aromatic nitrogens is 2. The van der Waals surface area contributed by atoms with Crippen LogP contribution in [0.15, 0.2) is 36.1 Å². The zero-order valence-corrected chi connectivity index (χ0v) is 15.0. The van der Waals surface area contributed by atoms with Crippen molar-refractivity contribution in [2.75, 3.05) is 23.3 Å². The molecule has 0 unspecified atom stereocenters. The summed E-state index contributed by atoms with van der Waals surface area (Å²) in [4.78, 5) is 24.1. The third-order valence-corrected chi connectivity index (χ3v) is 5.62. The molecule has 1 saturated heterocycles. The number of hydrogen-bond donors (Lipinski definition) is 1. The van der Waals surface area contributed by atoms with Crippen molar-refractivity contribution in [3.05, 3.63) is 46.7 Å². The van der Waals surface area contributed by atoms with E-state index in [1.54, 1.807) is 5.51 Å². The Labute approximate surface area is 150 Å². The lowest BCUT2D eigenvalue weighted by molar-refractivity contribution is 0.103. The topological polar surface area (TPSA) is 58.1 Å². The summed E-state index contributed by atoms with van der Waals surface area (Å²) in [5, 5.41) is 5.14. The number of fused-ring (bicyclic) bond motifs is 1. The normalized spacial score (nSPS) is 14.7. The number of rotatable bonds is 3. The van der Waals surface area contributed by atoms with Crippen LogP contribution in [0.2, 0.25) is 0 Å². The first-order valence-corrected chi connectivity index (χ1v) is 9.45. The molecular formula is C19H20N4OS. The van der Waals surface area contributed by atoms with E-state index in [4.69, 9.17) is 0 Å². The van der Waals surface area contributed by atoms with Gasteiger partial charge in [0.05, 0.1) is 16.9 Å². The molecule has 4 rings (SSSR count). The van der Waals surface area contributed by atoms with Crippen LogP contribution in [0, 0.1) is 6.92 Å². The number of piperidine rings is 1. The standard InChI is InChI=1S/C19H20N4OS/c1-13-18(25-12-21-13)19(24)22-16-5-6-17(23-9-3-2-4-10-23)14-7-8-20-11-15(14)16/h5-8,11-12H,2-4,9-10H2,1H3,(H,22,24). The van der Waals surface area contributed by atoms with Crippen molar-refractivity contribution in [1.82, 2.24) is 9.97 Å². The first-order valence-electron chi connectivity index (χ1n) is 8.57. The van der Waals surface area contributed by atoms with E-state index in [2.05, 4.69) is 26.3 Å². The summed E-state index contributed by atoms with van der Waals surface area (Å²) in [5.41, 5.74) is 4.48. The number of benzene rings is 1. The molecule has 25 heavy (non-hydrogen) atoms. The van der Waals surface area contributed by atoms with Crippen molar-refractivity contribution in [2.24, 2.45) is 0 Å². The van der Waals surface area contributed by atoms with Gasteiger partial charge in [0.1, 0.15) is 4.88 Å². The maximum absolute atomic E-state index is 12.6. The largest absolute Gasteiger partial charge is 0.371 e. The van der Waals surface area contributed by atoms with Gasteiger partial charge < -0.3 is 10.2 Å². The highest BCUT2D eigenvalue weighted by molar-refractivity contribution is 7.12. The fourth-order valence-corrected chi connectivity index (χ4v) is 4.09. The Kier molecular flexibility index (Phi) is 4.36. The number of thiazole rings is 1. The van der Waals surface area contributed by atoms with Crippen LogP contribution in [0.3, 0.4) is 0 Å². The number of carbonyl (C=O) groups excluding carboxylic acids is 1. The number of carbonyl (C=O) groups is 1. The van der Waals surface area contributed by atoms with Crippen LogP contribution in [-0.4, -0.2) is 29.0 Å². The van der Waals surface area contributed by atoms with Gasteiger partial charge >= 0.3 is 0 Å². The van der Waals surface area contributed by atoms with Crippen LogP contribution < -0.4 is 10.2 Å². The summed E-state index contributed by atoms with van der Waals surface area (Å²) >= 11 is 1.36. The maximum atomic E-state index is 12.6. The van der Waals surface area contributed by atoms with Crippen LogP contribution >= 0.6 is 11.3 Å². The predicted octanol–water partition coefficient (Wildman–Crippen LogP) is 4.24. The second kappa shape index (κ2) is 6.80. The van der Waals surface area contributed by atoms with E-state index in [1.807, 2.05) is 31.5 Å². The summed E-state index contributed by atoms with van der Waals surface area (Å²) in [6.07, 6.45) is 7.41. The van der Waals surface area contributed by atoms with Gasteiger partial charge in [-0.15, -0.1) is 11.3 Å². The Morgan fingerprint density at radius 1 is 1.16 bits per heavy atom. The van der Waals surface area contributed by atoms with Crippen molar-refractivity contribution >= 4 is 39.4 Å². The molecule has 128 valence electrons. The molecule has 0 spiro atoms. The molecule has 1 N–H and O–H groups in total. The average Bonchev–Trinajstić information content (AvgIpc) is 3.09. The average molecular weight is 352 g/mol. The molecule has 0 radical (unpaired) electrons. The minimum Gasteiger partial charge on any atom is -0.371 e. The number of pyridine rings is 1. The molecule has 1 amide bonds. The van der Waals surface area contributed by atoms with Crippen LogP contribution in [0.1, 0.15) is 34.6 Å². The molecule has 0 bridgehead atoms. The van der Waals surface area contributed by atoms with Gasteiger partial charge in [-0.25, -0.2) is 4.98 Å². The predicted molar refractivity (Wildman–Crippen MR) is 103 cm³/mol. The van der Waals surface area contributed by atoms with Gasteiger partial charge in [0.2, 0.25) is 0 Å². The number of nitrogens with zero attached hydrogens (tertiary/aromatic N) is 3. The molecule has 5 nitrogen and oxygen atoms in total. The molecule has 0 atom stereocenters. The highest BCUT2D eigenvalue weighted by atomic mass is 32.1. The summed E-state index contributed by atoms with van der Waals surface area (Å²) in [6.45, 7) is 4.02. The highest BCUT2D eigenvalue weighted by Crippen LogP contribution is 2.33. The SMILES string of the molecule is Cc1ncsc1C(=O)Nc1ccc(N2CCCCC2)c2ccncc12. The Balaban J connectivity index is 1.71. The molecule has 1 aromatic carbocycles. The highest BCUT2D eigenvalue weighted by Gasteiger charge is 2.17. The van der Waals surface area contributed by atoms with Crippen LogP contribution in [-0.2, 0) is 0 Å². The van der Waals surface area contributed by atoms with E-state index in [-0.39, 0.29) is 5.91 Å². The number of nitrogens with one attached hydrogen (secondary N) is 1. The molecule has 3 aromatic rings. The number of hydrogen-bond acceptors (Lipinski definition) is 5. The zero-order chi connectivity index (χ0) is 17.2. The van der Waals surface area contributed by atoms with Gasteiger partial charge in [0.15, 0.2) is 0 Å². The smallest absolute Gasteiger partial charge is 0.267 e. The molecule has 6 heteroatoms. The summed E-state index contributed by atoms with van der Waals surface area (Å²) in [6, 6.07) is 6.14. The second-order valence-electron chi connectivity index (χ2n) is 6.32. The van der Waals surface area contributed by atoms with Gasteiger partial charge in [-0.2, -0.15) is 0 Å². The molecule has 0 saturated carbocycles. The van der Waals surface area contributed by atoms with E-state index in [9.17, 15) is 4.79 Å². The fraction of sp³-hybridized carbons (Fsp3) is 0.316. The van der Waals surface area contributed by atoms with Crippen molar-refractivity contribution in [3.63, 3.8) is 0 Å². The number of anilines is 2. The monoisotopic (exact) mass is 352 g/mol. The van der Waals surface area contributed by atoms with Crippen LogP contribution in [0.4, 0.5) is 11.4 Å². The Morgan fingerprint density at radius 3 is 2.76 bits per heavy atom. The first kappa shape index (κ1) is 16.0. The molecule has 3 heterocycles. The van der Waals surface area contributed by atoms with Gasteiger partial charge in [-0.1, -0.05) is 0 Å². The fourth-order valence-electron chi connectivity index (χ4n) is 3.39. The van der Waals surface area contributed by atoms with Gasteiger partial charge in [0, 0.05) is 41.9 Å². The lowest BCUT2D eigenvalue weighted by Crippen LogP contribution is -2.29. The summed E-state index contributed by atoms with van der Waals surface area (Å²) in [7, 11) is 0.